The molecule has 0 atom stereocenters. The van der Waals surface area contributed by atoms with Gasteiger partial charge in [0.2, 0.25) is 0 Å². The lowest BCUT2D eigenvalue weighted by Crippen LogP contribution is -2.13. The van der Waals surface area contributed by atoms with Gasteiger partial charge in [-0.15, -0.1) is 0 Å². The number of benzene rings is 2. The number of sulfonamides is 1. The largest absolute Gasteiger partial charge is 0.497 e. The van der Waals surface area contributed by atoms with Crippen LogP contribution in [0.15, 0.2) is 45.8 Å². The summed E-state index contributed by atoms with van der Waals surface area (Å²) < 4.78 is 45.4. The minimum atomic E-state index is -3.95. The van der Waals surface area contributed by atoms with Crippen molar-refractivity contribution >= 4 is 43.2 Å². The molecular formula is C13H10BrClFNO3S. The molecule has 0 saturated heterocycles. The molecule has 1 N–H and O–H groups in total. The standard InChI is InChI=1S/C13H10BrClFNO3S/c1-20-8-2-5-11(15)13(6-8)17-21(18,19)9-3-4-10(14)12(16)7-9/h2-7,17H,1H3. The zero-order valence-corrected chi connectivity index (χ0v) is 13.9. The monoisotopic (exact) mass is 393 g/mol. The molecule has 8 heteroatoms. The van der Waals surface area contributed by atoms with Crippen LogP contribution in [0.25, 0.3) is 0 Å². The first-order valence-electron chi connectivity index (χ1n) is 5.65. The molecule has 0 aliphatic rings. The summed E-state index contributed by atoms with van der Waals surface area (Å²) in [5, 5.41) is 0.206. The molecule has 0 aliphatic carbocycles. The van der Waals surface area contributed by atoms with Gasteiger partial charge in [0, 0.05) is 6.07 Å². The molecule has 2 aromatic rings. The second kappa shape index (κ2) is 6.21. The molecule has 2 rings (SSSR count). The third kappa shape index (κ3) is 3.66. The van der Waals surface area contributed by atoms with E-state index in [1.165, 1.54) is 31.4 Å². The van der Waals surface area contributed by atoms with Gasteiger partial charge in [0.05, 0.1) is 27.2 Å². The number of ether oxygens (including phenoxy) is 1. The fourth-order valence-corrected chi connectivity index (χ4v) is 3.11. The first-order chi connectivity index (χ1) is 9.83. The first kappa shape index (κ1) is 16.1. The Labute approximate surface area is 135 Å². The number of hydrogen-bond donors (Lipinski definition) is 1. The van der Waals surface area contributed by atoms with Crippen molar-refractivity contribution < 1.29 is 17.5 Å². The van der Waals surface area contributed by atoms with E-state index in [-0.39, 0.29) is 20.1 Å². The van der Waals surface area contributed by atoms with Crippen LogP contribution in [0.2, 0.25) is 5.02 Å². The second-order valence-electron chi connectivity index (χ2n) is 4.03. The molecule has 0 radical (unpaired) electrons. The van der Waals surface area contributed by atoms with Crippen molar-refractivity contribution in [2.75, 3.05) is 11.8 Å². The normalized spacial score (nSPS) is 11.2. The molecule has 4 nitrogen and oxygen atoms in total. The van der Waals surface area contributed by atoms with Crippen LogP contribution in [-0.2, 0) is 10.0 Å². The smallest absolute Gasteiger partial charge is 0.262 e. The summed E-state index contributed by atoms with van der Waals surface area (Å²) in [6, 6.07) is 8.05. The molecule has 0 aromatic heterocycles. The quantitative estimate of drug-likeness (QED) is 0.851. The van der Waals surface area contributed by atoms with Gasteiger partial charge in [-0.25, -0.2) is 12.8 Å². The van der Waals surface area contributed by atoms with Crippen LogP contribution in [0.4, 0.5) is 10.1 Å². The molecule has 0 aliphatic heterocycles. The summed E-state index contributed by atoms with van der Waals surface area (Å²) in [5.41, 5.74) is 0.152. The third-order valence-electron chi connectivity index (χ3n) is 2.62. The van der Waals surface area contributed by atoms with Gasteiger partial charge < -0.3 is 4.74 Å². The molecule has 0 spiro atoms. The summed E-state index contributed by atoms with van der Waals surface area (Å²) in [7, 11) is -2.50. The van der Waals surface area contributed by atoms with Crippen LogP contribution < -0.4 is 9.46 Å². The fraction of sp³-hybridized carbons (Fsp3) is 0.0769. The van der Waals surface area contributed by atoms with Crippen LogP contribution in [0, 0.1) is 5.82 Å². The Morgan fingerprint density at radius 3 is 2.57 bits per heavy atom. The van der Waals surface area contributed by atoms with Gasteiger partial charge in [-0.3, -0.25) is 4.72 Å². The van der Waals surface area contributed by atoms with E-state index in [1.807, 2.05) is 0 Å². The maximum atomic E-state index is 13.5. The SMILES string of the molecule is COc1ccc(Cl)c(NS(=O)(=O)c2ccc(Br)c(F)c2)c1. The average molecular weight is 395 g/mol. The second-order valence-corrected chi connectivity index (χ2v) is 6.97. The van der Waals surface area contributed by atoms with Crippen molar-refractivity contribution in [3.05, 3.63) is 51.7 Å². The van der Waals surface area contributed by atoms with E-state index in [2.05, 4.69) is 20.7 Å². The Morgan fingerprint density at radius 2 is 1.95 bits per heavy atom. The van der Waals surface area contributed by atoms with Crippen molar-refractivity contribution in [3.63, 3.8) is 0 Å². The zero-order chi connectivity index (χ0) is 15.6. The van der Waals surface area contributed by atoms with Gasteiger partial charge in [0.15, 0.2) is 0 Å². The third-order valence-corrected chi connectivity index (χ3v) is 4.96. The van der Waals surface area contributed by atoms with Gasteiger partial charge in [-0.2, -0.15) is 0 Å². The minimum absolute atomic E-state index is 0.152. The van der Waals surface area contributed by atoms with Crippen molar-refractivity contribution in [2.24, 2.45) is 0 Å². The molecule has 112 valence electrons. The maximum Gasteiger partial charge on any atom is 0.262 e. The molecule has 0 saturated carbocycles. The first-order valence-corrected chi connectivity index (χ1v) is 8.30. The number of nitrogens with one attached hydrogen (secondary N) is 1. The fourth-order valence-electron chi connectivity index (χ4n) is 1.56. The molecule has 2 aromatic carbocycles. The highest BCUT2D eigenvalue weighted by Gasteiger charge is 2.17. The number of halogens is 3. The molecule has 0 bridgehead atoms. The number of rotatable bonds is 4. The van der Waals surface area contributed by atoms with Crippen LogP contribution >= 0.6 is 27.5 Å². The van der Waals surface area contributed by atoms with Gasteiger partial charge in [0.1, 0.15) is 11.6 Å². The lowest BCUT2D eigenvalue weighted by atomic mass is 10.3. The summed E-state index contributed by atoms with van der Waals surface area (Å²) in [4.78, 5) is -0.206. The van der Waals surface area contributed by atoms with Crippen molar-refractivity contribution in [2.45, 2.75) is 4.90 Å². The van der Waals surface area contributed by atoms with E-state index < -0.39 is 15.8 Å². The van der Waals surface area contributed by atoms with Crippen LogP contribution in [0.3, 0.4) is 0 Å². The van der Waals surface area contributed by atoms with E-state index in [4.69, 9.17) is 16.3 Å². The summed E-state index contributed by atoms with van der Waals surface area (Å²) in [5.74, 6) is -0.228. The molecule has 0 amide bonds. The van der Waals surface area contributed by atoms with Crippen molar-refractivity contribution in [3.8, 4) is 5.75 Å². The van der Waals surface area contributed by atoms with Crippen molar-refractivity contribution in [1.82, 2.24) is 0 Å². The summed E-state index contributed by atoms with van der Waals surface area (Å²) in [6.07, 6.45) is 0. The minimum Gasteiger partial charge on any atom is -0.497 e. The molecule has 0 fully saturated rings. The van der Waals surface area contributed by atoms with E-state index >= 15 is 0 Å². The van der Waals surface area contributed by atoms with E-state index in [0.717, 1.165) is 6.07 Å². The number of hydrogen-bond acceptors (Lipinski definition) is 3. The van der Waals surface area contributed by atoms with Gasteiger partial charge in [0.25, 0.3) is 10.0 Å². The highest BCUT2D eigenvalue weighted by atomic mass is 79.9. The van der Waals surface area contributed by atoms with Crippen LogP contribution in [0.1, 0.15) is 0 Å². The predicted octanol–water partition coefficient (Wildman–Crippen LogP) is 4.05. The number of anilines is 1. The van der Waals surface area contributed by atoms with Crippen LogP contribution in [0.5, 0.6) is 5.75 Å². The molecule has 21 heavy (non-hydrogen) atoms. The van der Waals surface area contributed by atoms with Gasteiger partial charge >= 0.3 is 0 Å². The number of methoxy groups -OCH3 is 1. The summed E-state index contributed by atoms with van der Waals surface area (Å²) >= 11 is 8.90. The predicted molar refractivity (Wildman–Crippen MR) is 82.9 cm³/mol. The Kier molecular flexibility index (Phi) is 4.75. The van der Waals surface area contributed by atoms with Crippen molar-refractivity contribution in [1.29, 1.82) is 0 Å². The highest BCUT2D eigenvalue weighted by Crippen LogP contribution is 2.29. The van der Waals surface area contributed by atoms with Crippen LogP contribution in [-0.4, -0.2) is 15.5 Å². The van der Waals surface area contributed by atoms with Gasteiger partial charge in [-0.1, -0.05) is 11.6 Å². The zero-order valence-electron chi connectivity index (χ0n) is 10.7. The van der Waals surface area contributed by atoms with E-state index in [9.17, 15) is 12.8 Å². The Morgan fingerprint density at radius 1 is 1.24 bits per heavy atom. The van der Waals surface area contributed by atoms with Gasteiger partial charge in [-0.05, 0) is 46.3 Å². The lowest BCUT2D eigenvalue weighted by Gasteiger charge is -2.11. The Bertz CT molecular complexity index is 783. The topological polar surface area (TPSA) is 55.4 Å². The lowest BCUT2D eigenvalue weighted by molar-refractivity contribution is 0.415. The molecule has 0 heterocycles. The Balaban J connectivity index is 2.39. The van der Waals surface area contributed by atoms with E-state index in [1.54, 1.807) is 6.07 Å². The average Bonchev–Trinajstić information content (AvgIpc) is 2.44. The Hall–Kier alpha value is -1.31. The molecule has 0 unspecified atom stereocenters. The molecular weight excluding hydrogens is 385 g/mol. The summed E-state index contributed by atoms with van der Waals surface area (Å²) in [6.45, 7) is 0. The maximum absolute atomic E-state index is 13.5. The van der Waals surface area contributed by atoms with E-state index in [0.29, 0.717) is 5.75 Å². The highest BCUT2D eigenvalue weighted by molar-refractivity contribution is 9.10.